The van der Waals surface area contributed by atoms with Crippen molar-refractivity contribution < 1.29 is 33.6 Å². The number of fused-ring (bicyclic) bond motifs is 1. The lowest BCUT2D eigenvalue weighted by Crippen LogP contribution is -2.47. The number of carbonyl (C=O) groups is 2. The van der Waals surface area contributed by atoms with Crippen LogP contribution in [0.5, 0.6) is 23.0 Å². The SMILES string of the molecule is CCCCN(CCCN(C)C)C(=O)CN1C[C@H](c2ccc3c(c2)OCO3)[C@@H](C(=O)O)[C@@H]1COc1ccccc1OC. The first-order valence-electron chi connectivity index (χ1n) is 14.4. The molecule has 10 heteroatoms. The van der Waals surface area contributed by atoms with E-state index in [0.29, 0.717) is 42.6 Å². The van der Waals surface area contributed by atoms with Gasteiger partial charge in [0.25, 0.3) is 0 Å². The number of rotatable bonds is 15. The number of para-hydroxylation sites is 2. The second-order valence-corrected chi connectivity index (χ2v) is 10.9. The van der Waals surface area contributed by atoms with Crippen LogP contribution in [0.15, 0.2) is 42.5 Å². The zero-order chi connectivity index (χ0) is 29.4. The van der Waals surface area contributed by atoms with Crippen LogP contribution in [-0.2, 0) is 9.59 Å². The molecule has 0 aromatic heterocycles. The number of carbonyl (C=O) groups excluding carboxylic acids is 1. The average molecular weight is 570 g/mol. The van der Waals surface area contributed by atoms with Crippen molar-refractivity contribution in [3.8, 4) is 23.0 Å². The Balaban J connectivity index is 1.59. The Hall–Kier alpha value is -3.50. The topological polar surface area (TPSA) is 101 Å². The molecular weight excluding hydrogens is 526 g/mol. The molecule has 2 aromatic rings. The molecule has 3 atom stereocenters. The Morgan fingerprint density at radius 1 is 1.02 bits per heavy atom. The summed E-state index contributed by atoms with van der Waals surface area (Å²) in [6.07, 6.45) is 2.79. The minimum absolute atomic E-state index is 0.00923. The summed E-state index contributed by atoms with van der Waals surface area (Å²) < 4.78 is 22.7. The summed E-state index contributed by atoms with van der Waals surface area (Å²) in [6.45, 7) is 5.13. The number of methoxy groups -OCH3 is 1. The fraction of sp³-hybridized carbons (Fsp3) is 0.548. The van der Waals surface area contributed by atoms with E-state index in [9.17, 15) is 14.7 Å². The van der Waals surface area contributed by atoms with E-state index in [1.54, 1.807) is 19.2 Å². The van der Waals surface area contributed by atoms with Crippen molar-refractivity contribution in [3.63, 3.8) is 0 Å². The molecule has 1 amide bonds. The molecule has 224 valence electrons. The maximum absolute atomic E-state index is 13.7. The number of hydrogen-bond acceptors (Lipinski definition) is 8. The summed E-state index contributed by atoms with van der Waals surface area (Å²) in [5.74, 6) is 0.277. The molecule has 0 spiro atoms. The molecule has 1 N–H and O–H groups in total. The predicted octanol–water partition coefficient (Wildman–Crippen LogP) is 3.55. The predicted molar refractivity (Wildman–Crippen MR) is 155 cm³/mol. The molecule has 0 aliphatic carbocycles. The summed E-state index contributed by atoms with van der Waals surface area (Å²) in [7, 11) is 5.62. The molecule has 2 aliphatic heterocycles. The van der Waals surface area contributed by atoms with Crippen molar-refractivity contribution in [3.05, 3.63) is 48.0 Å². The fourth-order valence-electron chi connectivity index (χ4n) is 5.66. The third kappa shape index (κ3) is 7.62. The molecule has 0 bridgehead atoms. The zero-order valence-corrected chi connectivity index (χ0v) is 24.6. The number of aliphatic carboxylic acids is 1. The van der Waals surface area contributed by atoms with Crippen LogP contribution in [0, 0.1) is 5.92 Å². The van der Waals surface area contributed by atoms with Gasteiger partial charge in [-0.3, -0.25) is 14.5 Å². The summed E-state index contributed by atoms with van der Waals surface area (Å²) in [5, 5.41) is 10.5. The summed E-state index contributed by atoms with van der Waals surface area (Å²) in [5.41, 5.74) is 0.840. The number of benzene rings is 2. The fourth-order valence-corrected chi connectivity index (χ4v) is 5.66. The number of amides is 1. The third-order valence-electron chi connectivity index (χ3n) is 7.84. The third-order valence-corrected chi connectivity index (χ3v) is 7.84. The Morgan fingerprint density at radius 3 is 2.46 bits per heavy atom. The Labute approximate surface area is 242 Å². The van der Waals surface area contributed by atoms with E-state index in [2.05, 4.69) is 11.8 Å². The molecule has 2 aliphatic rings. The second-order valence-electron chi connectivity index (χ2n) is 10.9. The quantitative estimate of drug-likeness (QED) is 0.345. The number of nitrogens with zero attached hydrogens (tertiary/aromatic N) is 3. The minimum Gasteiger partial charge on any atom is -0.493 e. The number of hydrogen-bond donors (Lipinski definition) is 1. The summed E-state index contributed by atoms with van der Waals surface area (Å²) in [6, 6.07) is 12.3. The highest BCUT2D eigenvalue weighted by molar-refractivity contribution is 5.79. The molecular formula is C31H43N3O7. The van der Waals surface area contributed by atoms with Gasteiger partial charge in [0.1, 0.15) is 6.61 Å². The average Bonchev–Trinajstić information content (AvgIpc) is 3.57. The van der Waals surface area contributed by atoms with Crippen LogP contribution in [0.2, 0.25) is 0 Å². The van der Waals surface area contributed by atoms with E-state index >= 15 is 0 Å². The summed E-state index contributed by atoms with van der Waals surface area (Å²) in [4.78, 5) is 32.5. The highest BCUT2D eigenvalue weighted by Crippen LogP contribution is 2.42. The van der Waals surface area contributed by atoms with Crippen molar-refractivity contribution in [1.29, 1.82) is 0 Å². The maximum atomic E-state index is 13.7. The van der Waals surface area contributed by atoms with Crippen LogP contribution >= 0.6 is 0 Å². The minimum atomic E-state index is -0.926. The highest BCUT2D eigenvalue weighted by atomic mass is 16.7. The van der Waals surface area contributed by atoms with Crippen LogP contribution in [0.25, 0.3) is 0 Å². The van der Waals surface area contributed by atoms with Crippen molar-refractivity contribution in [2.24, 2.45) is 5.92 Å². The highest BCUT2D eigenvalue weighted by Gasteiger charge is 2.48. The molecule has 2 heterocycles. The molecule has 0 unspecified atom stereocenters. The molecule has 0 saturated carbocycles. The van der Waals surface area contributed by atoms with E-state index in [-0.39, 0.29) is 31.8 Å². The molecule has 1 fully saturated rings. The van der Waals surface area contributed by atoms with Gasteiger partial charge in [0.15, 0.2) is 23.0 Å². The summed E-state index contributed by atoms with van der Waals surface area (Å²) >= 11 is 0. The van der Waals surface area contributed by atoms with E-state index in [1.807, 2.05) is 54.2 Å². The van der Waals surface area contributed by atoms with Gasteiger partial charge in [-0.25, -0.2) is 0 Å². The number of unbranched alkanes of at least 4 members (excludes halogenated alkanes) is 1. The smallest absolute Gasteiger partial charge is 0.308 e. The molecule has 41 heavy (non-hydrogen) atoms. The van der Waals surface area contributed by atoms with Crippen molar-refractivity contribution >= 4 is 11.9 Å². The lowest BCUT2D eigenvalue weighted by Gasteiger charge is -2.30. The first kappa shape index (κ1) is 30.5. The zero-order valence-electron chi connectivity index (χ0n) is 24.6. The number of ether oxygens (including phenoxy) is 4. The molecule has 1 saturated heterocycles. The molecule has 4 rings (SSSR count). The van der Waals surface area contributed by atoms with Gasteiger partial charge < -0.3 is 33.9 Å². The lowest BCUT2D eigenvalue weighted by molar-refractivity contribution is -0.144. The first-order chi connectivity index (χ1) is 19.8. The van der Waals surface area contributed by atoms with Crippen LogP contribution in [0.3, 0.4) is 0 Å². The van der Waals surface area contributed by atoms with Gasteiger partial charge in [0.05, 0.1) is 25.6 Å². The van der Waals surface area contributed by atoms with Crippen LogP contribution in [0.1, 0.15) is 37.7 Å². The number of carboxylic acid groups (broad SMARTS) is 1. The van der Waals surface area contributed by atoms with Crippen LogP contribution < -0.4 is 18.9 Å². The van der Waals surface area contributed by atoms with Crippen molar-refractivity contribution in [2.45, 2.75) is 38.1 Å². The molecule has 0 radical (unpaired) electrons. The van der Waals surface area contributed by atoms with Crippen LogP contribution in [-0.4, -0.2) is 105 Å². The Bertz CT molecular complexity index is 1170. The molecule has 10 nitrogen and oxygen atoms in total. The molecule has 2 aromatic carbocycles. The van der Waals surface area contributed by atoms with Crippen molar-refractivity contribution in [2.75, 3.05) is 67.3 Å². The van der Waals surface area contributed by atoms with Gasteiger partial charge in [-0.05, 0) is 63.3 Å². The van der Waals surface area contributed by atoms with Gasteiger partial charge in [-0.1, -0.05) is 31.5 Å². The van der Waals surface area contributed by atoms with Crippen molar-refractivity contribution in [1.82, 2.24) is 14.7 Å². The van der Waals surface area contributed by atoms with Gasteiger partial charge in [0, 0.05) is 25.6 Å². The van der Waals surface area contributed by atoms with Gasteiger partial charge in [-0.15, -0.1) is 0 Å². The second kappa shape index (κ2) is 14.4. The number of carboxylic acids is 1. The Morgan fingerprint density at radius 2 is 1.76 bits per heavy atom. The Kier molecular flexibility index (Phi) is 10.7. The van der Waals surface area contributed by atoms with Gasteiger partial charge in [-0.2, -0.15) is 0 Å². The van der Waals surface area contributed by atoms with E-state index in [4.69, 9.17) is 18.9 Å². The standard InChI is InChI=1S/C31H43N3O7/c1-5-6-15-33(16-9-14-32(2)3)29(35)19-34-18-23(22-12-13-27-28(17-22)41-21-40-27)30(31(36)37)24(34)20-39-26-11-8-7-10-25(26)38-4/h7-8,10-13,17,23-24,30H,5-6,9,14-16,18-21H2,1-4H3,(H,36,37)/t23-,24+,30-/m1/s1. The largest absolute Gasteiger partial charge is 0.493 e. The number of likely N-dealkylation sites (tertiary alicyclic amines) is 1. The first-order valence-corrected chi connectivity index (χ1v) is 14.4. The maximum Gasteiger partial charge on any atom is 0.308 e. The lowest BCUT2D eigenvalue weighted by atomic mass is 9.85. The van der Waals surface area contributed by atoms with E-state index in [0.717, 1.165) is 31.4 Å². The monoisotopic (exact) mass is 569 g/mol. The van der Waals surface area contributed by atoms with Gasteiger partial charge in [0.2, 0.25) is 12.7 Å². The van der Waals surface area contributed by atoms with E-state index in [1.165, 1.54) is 0 Å². The van der Waals surface area contributed by atoms with Crippen LogP contribution in [0.4, 0.5) is 0 Å². The normalized spacial score (nSPS) is 19.9. The van der Waals surface area contributed by atoms with Gasteiger partial charge >= 0.3 is 5.97 Å². The van der Waals surface area contributed by atoms with E-state index < -0.39 is 17.9 Å².